The van der Waals surface area contributed by atoms with E-state index in [0.29, 0.717) is 35.9 Å². The van der Waals surface area contributed by atoms with Crippen LogP contribution in [0.4, 0.5) is 0 Å². The van der Waals surface area contributed by atoms with Crippen molar-refractivity contribution >= 4 is 27.7 Å². The number of rotatable bonds is 10. The molecule has 0 radical (unpaired) electrons. The monoisotopic (exact) mass is 516 g/mol. The lowest BCUT2D eigenvalue weighted by molar-refractivity contribution is 0.0987. The van der Waals surface area contributed by atoms with Crippen LogP contribution in [0, 0.1) is 0 Å². The Labute approximate surface area is 223 Å². The summed E-state index contributed by atoms with van der Waals surface area (Å²) >= 11 is 0. The van der Waals surface area contributed by atoms with Gasteiger partial charge in [-0.15, -0.1) is 0 Å². The highest BCUT2D eigenvalue weighted by atomic mass is 16.5. The van der Waals surface area contributed by atoms with Gasteiger partial charge in [-0.1, -0.05) is 37.1 Å². The highest BCUT2D eigenvalue weighted by molar-refractivity contribution is 6.09. The third-order valence-corrected chi connectivity index (χ3v) is 7.69. The first-order chi connectivity index (χ1) is 18.7. The third-order valence-electron chi connectivity index (χ3n) is 7.69. The number of hydrogen-bond donors (Lipinski definition) is 0. The number of ketones is 1. The molecule has 0 amide bonds. The van der Waals surface area contributed by atoms with Crippen LogP contribution < -0.4 is 9.47 Å². The minimum Gasteiger partial charge on any atom is -0.488 e. The van der Waals surface area contributed by atoms with E-state index in [0.717, 1.165) is 50.0 Å². The molecule has 2 aromatic heterocycles. The van der Waals surface area contributed by atoms with Crippen molar-refractivity contribution in [2.24, 2.45) is 0 Å². The van der Waals surface area contributed by atoms with Crippen LogP contribution in [-0.4, -0.2) is 68.1 Å². The second kappa shape index (κ2) is 11.6. The smallest absolute Gasteiger partial charge is 0.263 e. The third kappa shape index (κ3) is 5.59. The van der Waals surface area contributed by atoms with Gasteiger partial charge in [-0.3, -0.25) is 14.6 Å². The van der Waals surface area contributed by atoms with E-state index in [2.05, 4.69) is 9.80 Å². The molecule has 4 heterocycles. The van der Waals surface area contributed by atoms with Crippen molar-refractivity contribution in [2.45, 2.75) is 38.5 Å². The maximum absolute atomic E-state index is 13.4. The molecule has 200 valence electrons. The zero-order chi connectivity index (χ0) is 25.7. The lowest BCUT2D eigenvalue weighted by Gasteiger charge is -2.26. The Kier molecular flexibility index (Phi) is 7.65. The lowest BCUT2D eigenvalue weighted by atomic mass is 10.1. The van der Waals surface area contributed by atoms with Gasteiger partial charge in [-0.2, -0.15) is 0 Å². The molecule has 7 heteroatoms. The van der Waals surface area contributed by atoms with Gasteiger partial charge in [0.1, 0.15) is 13.2 Å². The highest BCUT2D eigenvalue weighted by Gasteiger charge is 2.22. The number of para-hydroxylation sites is 2. The predicted molar refractivity (Wildman–Crippen MR) is 147 cm³/mol. The van der Waals surface area contributed by atoms with Crippen molar-refractivity contribution < 1.29 is 23.1 Å². The van der Waals surface area contributed by atoms with Crippen molar-refractivity contribution in [1.29, 1.82) is 0 Å². The first kappa shape index (κ1) is 25.0. The molecule has 2 aliphatic heterocycles. The van der Waals surface area contributed by atoms with E-state index in [9.17, 15) is 4.79 Å². The van der Waals surface area contributed by atoms with E-state index in [1.54, 1.807) is 12.1 Å². The van der Waals surface area contributed by atoms with Gasteiger partial charge in [-0.25, -0.2) is 0 Å². The fourth-order valence-electron chi connectivity index (χ4n) is 5.58. The van der Waals surface area contributed by atoms with Crippen molar-refractivity contribution in [1.82, 2.24) is 9.80 Å². The summed E-state index contributed by atoms with van der Waals surface area (Å²) in [4.78, 5) is 18.2. The van der Waals surface area contributed by atoms with Gasteiger partial charge in [0.15, 0.2) is 34.2 Å². The summed E-state index contributed by atoms with van der Waals surface area (Å²) in [5, 5.41) is 1.67. The fourth-order valence-corrected chi connectivity index (χ4v) is 5.58. The Bertz CT molecular complexity index is 1270. The van der Waals surface area contributed by atoms with Gasteiger partial charge >= 0.3 is 0 Å². The van der Waals surface area contributed by atoms with E-state index in [1.807, 2.05) is 36.4 Å². The predicted octanol–water partition coefficient (Wildman–Crippen LogP) is 6.14. The van der Waals surface area contributed by atoms with Gasteiger partial charge in [0.25, 0.3) is 5.78 Å². The van der Waals surface area contributed by atoms with Crippen LogP contribution in [0.5, 0.6) is 11.5 Å². The molecule has 38 heavy (non-hydrogen) atoms. The summed E-state index contributed by atoms with van der Waals surface area (Å²) in [6.07, 6.45) is 7.66. The molecule has 4 aromatic rings. The molecule has 0 bridgehead atoms. The molecule has 2 aromatic carbocycles. The maximum Gasteiger partial charge on any atom is 0.263 e. The Hall–Kier alpha value is -3.29. The van der Waals surface area contributed by atoms with Crippen LogP contribution >= 0.6 is 0 Å². The van der Waals surface area contributed by atoms with Crippen LogP contribution in [0.1, 0.15) is 54.8 Å². The summed E-state index contributed by atoms with van der Waals surface area (Å²) in [6, 6.07) is 15.0. The minimum absolute atomic E-state index is 0.235. The number of ether oxygens (including phenoxy) is 2. The Morgan fingerprint density at radius 2 is 1.11 bits per heavy atom. The molecular formula is C31H36N2O5. The fraction of sp³-hybridized carbons (Fsp3) is 0.452. The summed E-state index contributed by atoms with van der Waals surface area (Å²) in [6.45, 7) is 7.51. The quantitative estimate of drug-likeness (QED) is 0.235. The summed E-state index contributed by atoms with van der Waals surface area (Å²) < 4.78 is 24.2. The second-order valence-electron chi connectivity index (χ2n) is 10.4. The van der Waals surface area contributed by atoms with Gasteiger partial charge in [0.05, 0.1) is 0 Å². The van der Waals surface area contributed by atoms with Gasteiger partial charge < -0.3 is 18.3 Å². The molecule has 2 aliphatic rings. The largest absolute Gasteiger partial charge is 0.488 e. The van der Waals surface area contributed by atoms with Crippen LogP contribution in [0.25, 0.3) is 21.9 Å². The van der Waals surface area contributed by atoms with Crippen LogP contribution in [0.15, 0.2) is 57.4 Å². The first-order valence-corrected chi connectivity index (χ1v) is 14.0. The minimum atomic E-state index is -0.295. The normalized spacial score (nSPS) is 17.3. The molecule has 2 saturated heterocycles. The SMILES string of the molecule is O=C(c1cc2cccc(OCCN3CCCCC3)c2o1)c1cc2cccc(OCCN3CCCCC3)c2o1. The van der Waals surface area contributed by atoms with Crippen molar-refractivity contribution in [3.05, 3.63) is 60.1 Å². The van der Waals surface area contributed by atoms with Crippen molar-refractivity contribution in [3.8, 4) is 11.5 Å². The molecule has 0 atom stereocenters. The highest BCUT2D eigenvalue weighted by Crippen LogP contribution is 2.33. The number of hydrogen-bond acceptors (Lipinski definition) is 7. The van der Waals surface area contributed by atoms with Crippen molar-refractivity contribution in [3.63, 3.8) is 0 Å². The molecule has 2 fully saturated rings. The topological polar surface area (TPSA) is 68.3 Å². The molecule has 0 saturated carbocycles. The molecule has 7 nitrogen and oxygen atoms in total. The Balaban J connectivity index is 1.14. The molecule has 0 N–H and O–H groups in total. The van der Waals surface area contributed by atoms with Crippen molar-refractivity contribution in [2.75, 3.05) is 52.5 Å². The lowest BCUT2D eigenvalue weighted by Crippen LogP contribution is -2.33. The molecular weight excluding hydrogens is 480 g/mol. The van der Waals surface area contributed by atoms with E-state index in [4.69, 9.17) is 18.3 Å². The van der Waals surface area contributed by atoms with Crippen LogP contribution in [0.3, 0.4) is 0 Å². The molecule has 0 unspecified atom stereocenters. The Morgan fingerprint density at radius 1 is 0.658 bits per heavy atom. The van der Waals surface area contributed by atoms with Crippen LogP contribution in [-0.2, 0) is 0 Å². The van der Waals surface area contributed by atoms with Gasteiger partial charge in [-0.05, 0) is 76.1 Å². The maximum atomic E-state index is 13.4. The van der Waals surface area contributed by atoms with E-state index < -0.39 is 0 Å². The molecule has 0 aliphatic carbocycles. The number of fused-ring (bicyclic) bond motifs is 2. The van der Waals surface area contributed by atoms with E-state index in [-0.39, 0.29) is 17.3 Å². The zero-order valence-electron chi connectivity index (χ0n) is 22.0. The summed E-state index contributed by atoms with van der Waals surface area (Å²) in [7, 11) is 0. The van der Waals surface area contributed by atoms with E-state index >= 15 is 0 Å². The van der Waals surface area contributed by atoms with Gasteiger partial charge in [0.2, 0.25) is 0 Å². The van der Waals surface area contributed by atoms with Crippen LogP contribution in [0.2, 0.25) is 0 Å². The molecule has 6 rings (SSSR count). The number of benzene rings is 2. The second-order valence-corrected chi connectivity index (χ2v) is 10.4. The number of carbonyl (C=O) groups is 1. The molecule has 0 spiro atoms. The number of piperidine rings is 2. The average Bonchev–Trinajstić information content (AvgIpc) is 3.60. The zero-order valence-corrected chi connectivity index (χ0v) is 22.0. The first-order valence-electron chi connectivity index (χ1n) is 14.0. The number of likely N-dealkylation sites (tertiary alicyclic amines) is 2. The number of nitrogens with zero attached hydrogens (tertiary/aromatic N) is 2. The summed E-state index contributed by atoms with van der Waals surface area (Å²) in [5.41, 5.74) is 1.18. The van der Waals surface area contributed by atoms with E-state index in [1.165, 1.54) is 38.5 Å². The summed E-state index contributed by atoms with van der Waals surface area (Å²) in [5.74, 6) is 1.49. The standard InChI is InChI=1S/C31H36N2O5/c34-29(27-21-23-9-7-11-25(30(23)37-27)35-19-17-32-13-3-1-4-14-32)28-22-24-10-8-12-26(31(24)38-28)36-20-18-33-15-5-2-6-16-33/h7-12,21-22H,1-6,13-20H2. The Morgan fingerprint density at radius 3 is 1.55 bits per heavy atom. The average molecular weight is 517 g/mol. The number of furan rings is 2. The van der Waals surface area contributed by atoms with Gasteiger partial charge in [0, 0.05) is 23.9 Å². The number of carbonyl (C=O) groups excluding carboxylic acids is 1.